The molecule has 1 heterocycles. The number of carbonyl (C=O) groups is 1. The molecule has 0 saturated heterocycles. The van der Waals surface area contributed by atoms with E-state index in [9.17, 15) is 4.79 Å². The number of hydrogen-bond acceptors (Lipinski definition) is 3. The summed E-state index contributed by atoms with van der Waals surface area (Å²) in [4.78, 5) is 14.0. The molecule has 1 amide bonds. The Balaban J connectivity index is 1.81. The fraction of sp³-hybridized carbons (Fsp3) is 0.444. The van der Waals surface area contributed by atoms with E-state index in [1.165, 1.54) is 5.56 Å². The van der Waals surface area contributed by atoms with Crippen LogP contribution < -0.4 is 0 Å². The Kier molecular flexibility index (Phi) is 4.01. The summed E-state index contributed by atoms with van der Waals surface area (Å²) in [5.41, 5.74) is 4.25. The molecule has 1 fully saturated rings. The molecule has 3 rings (SSSR count). The Labute approximate surface area is 131 Å². The van der Waals surface area contributed by atoms with Crippen molar-refractivity contribution in [3.8, 4) is 11.3 Å². The van der Waals surface area contributed by atoms with Gasteiger partial charge in [0.25, 0.3) is 0 Å². The minimum absolute atomic E-state index is 0.193. The molecule has 2 aromatic rings. The molecule has 0 spiro atoms. The normalized spacial score (nSPS) is 14.1. The second kappa shape index (κ2) is 5.95. The highest BCUT2D eigenvalue weighted by molar-refractivity contribution is 5.76. The van der Waals surface area contributed by atoms with Crippen LogP contribution in [0.15, 0.2) is 28.8 Å². The van der Waals surface area contributed by atoms with Crippen LogP contribution in [0.25, 0.3) is 11.3 Å². The Morgan fingerprint density at radius 2 is 2.09 bits per heavy atom. The van der Waals surface area contributed by atoms with E-state index in [1.54, 1.807) is 0 Å². The summed E-state index contributed by atoms with van der Waals surface area (Å²) in [7, 11) is 0. The number of nitrogens with zero attached hydrogens (tertiary/aromatic N) is 2. The van der Waals surface area contributed by atoms with Gasteiger partial charge >= 0.3 is 0 Å². The lowest BCUT2D eigenvalue weighted by atomic mass is 10.0. The summed E-state index contributed by atoms with van der Waals surface area (Å²) in [5.74, 6) is 0.967. The van der Waals surface area contributed by atoms with E-state index in [-0.39, 0.29) is 5.91 Å². The van der Waals surface area contributed by atoms with Crippen molar-refractivity contribution in [2.24, 2.45) is 0 Å². The van der Waals surface area contributed by atoms with Crippen LogP contribution >= 0.6 is 0 Å². The highest BCUT2D eigenvalue weighted by Gasteiger charge is 2.32. The van der Waals surface area contributed by atoms with Gasteiger partial charge in [-0.1, -0.05) is 29.8 Å². The zero-order valence-electron chi connectivity index (χ0n) is 13.4. The summed E-state index contributed by atoms with van der Waals surface area (Å²) >= 11 is 0. The smallest absolute Gasteiger partial charge is 0.222 e. The molecule has 1 aliphatic rings. The van der Waals surface area contributed by atoms with E-state index in [1.807, 2.05) is 17.9 Å². The topological polar surface area (TPSA) is 46.3 Å². The zero-order chi connectivity index (χ0) is 15.7. The number of hydrogen-bond donors (Lipinski definition) is 0. The standard InChI is InChI=1S/C18H22N2O2/c1-4-18(21)20(15-7-8-15)11-14-10-17(22-19-14)16-9-12(2)5-6-13(16)3/h5-6,9-10,15H,4,7-8,11H2,1-3H3. The van der Waals surface area contributed by atoms with Crippen LogP contribution in [0.1, 0.15) is 43.0 Å². The van der Waals surface area contributed by atoms with E-state index in [0.29, 0.717) is 19.0 Å². The summed E-state index contributed by atoms with van der Waals surface area (Å²) in [6.07, 6.45) is 2.75. The maximum Gasteiger partial charge on any atom is 0.222 e. The van der Waals surface area contributed by atoms with Crippen LogP contribution in [0, 0.1) is 13.8 Å². The quantitative estimate of drug-likeness (QED) is 0.842. The number of rotatable bonds is 5. The van der Waals surface area contributed by atoms with Crippen LogP contribution in [0.2, 0.25) is 0 Å². The lowest BCUT2D eigenvalue weighted by Crippen LogP contribution is -2.31. The Hall–Kier alpha value is -2.10. The highest BCUT2D eigenvalue weighted by Crippen LogP contribution is 2.30. The molecule has 0 unspecified atom stereocenters. The molecule has 1 aromatic heterocycles. The molecule has 4 heteroatoms. The largest absolute Gasteiger partial charge is 0.356 e. The van der Waals surface area contributed by atoms with Gasteiger partial charge < -0.3 is 9.42 Å². The third-order valence-corrected chi connectivity index (χ3v) is 4.16. The molecule has 0 atom stereocenters. The van der Waals surface area contributed by atoms with Crippen molar-refractivity contribution in [1.29, 1.82) is 0 Å². The first-order valence-corrected chi connectivity index (χ1v) is 7.91. The minimum atomic E-state index is 0.193. The van der Waals surface area contributed by atoms with Gasteiger partial charge in [-0.25, -0.2) is 0 Å². The molecular formula is C18H22N2O2. The van der Waals surface area contributed by atoms with Crippen molar-refractivity contribution in [2.75, 3.05) is 0 Å². The Bertz CT molecular complexity index is 686. The maximum atomic E-state index is 12.0. The SMILES string of the molecule is CCC(=O)N(Cc1cc(-c2cc(C)ccc2C)on1)C1CC1. The van der Waals surface area contributed by atoms with Crippen LogP contribution in [0.4, 0.5) is 0 Å². The van der Waals surface area contributed by atoms with Crippen molar-refractivity contribution < 1.29 is 9.32 Å². The Morgan fingerprint density at radius 1 is 1.32 bits per heavy atom. The van der Waals surface area contributed by atoms with Gasteiger partial charge in [0.1, 0.15) is 5.69 Å². The van der Waals surface area contributed by atoms with Crippen molar-refractivity contribution in [2.45, 2.75) is 52.6 Å². The Morgan fingerprint density at radius 3 is 2.77 bits per heavy atom. The van der Waals surface area contributed by atoms with Gasteiger partial charge in [-0.15, -0.1) is 0 Å². The molecule has 0 aliphatic heterocycles. The van der Waals surface area contributed by atoms with E-state index in [0.717, 1.165) is 35.4 Å². The average Bonchev–Trinajstić information content (AvgIpc) is 3.25. The van der Waals surface area contributed by atoms with E-state index >= 15 is 0 Å². The van der Waals surface area contributed by atoms with Gasteiger partial charge in [0, 0.05) is 24.1 Å². The lowest BCUT2D eigenvalue weighted by molar-refractivity contribution is -0.132. The van der Waals surface area contributed by atoms with Gasteiger partial charge in [0.15, 0.2) is 5.76 Å². The third-order valence-electron chi connectivity index (χ3n) is 4.16. The van der Waals surface area contributed by atoms with Crippen LogP contribution in [0.3, 0.4) is 0 Å². The molecule has 22 heavy (non-hydrogen) atoms. The summed E-state index contributed by atoms with van der Waals surface area (Å²) in [5, 5.41) is 4.16. The number of amides is 1. The van der Waals surface area contributed by atoms with Gasteiger partial charge in [0.2, 0.25) is 5.91 Å². The molecule has 0 bridgehead atoms. The lowest BCUT2D eigenvalue weighted by Gasteiger charge is -2.20. The highest BCUT2D eigenvalue weighted by atomic mass is 16.5. The first-order chi connectivity index (χ1) is 10.6. The fourth-order valence-corrected chi connectivity index (χ4v) is 2.70. The van der Waals surface area contributed by atoms with Gasteiger partial charge in [0.05, 0.1) is 6.54 Å². The molecule has 1 aromatic carbocycles. The second-order valence-electron chi connectivity index (χ2n) is 6.11. The number of aryl methyl sites for hydroxylation is 2. The average molecular weight is 298 g/mol. The van der Waals surface area contributed by atoms with Gasteiger partial charge in [-0.2, -0.15) is 0 Å². The van der Waals surface area contributed by atoms with Crippen molar-refractivity contribution >= 4 is 5.91 Å². The predicted octanol–water partition coefficient (Wildman–Crippen LogP) is 3.86. The zero-order valence-corrected chi connectivity index (χ0v) is 13.4. The fourth-order valence-electron chi connectivity index (χ4n) is 2.70. The van der Waals surface area contributed by atoms with Crippen molar-refractivity contribution in [3.63, 3.8) is 0 Å². The van der Waals surface area contributed by atoms with Crippen molar-refractivity contribution in [3.05, 3.63) is 41.1 Å². The van der Waals surface area contributed by atoms with E-state index in [2.05, 4.69) is 37.2 Å². The molecule has 116 valence electrons. The second-order valence-corrected chi connectivity index (χ2v) is 6.11. The first-order valence-electron chi connectivity index (χ1n) is 7.91. The van der Waals surface area contributed by atoms with Crippen LogP contribution in [-0.2, 0) is 11.3 Å². The number of benzene rings is 1. The molecule has 1 aliphatic carbocycles. The third kappa shape index (κ3) is 3.06. The van der Waals surface area contributed by atoms with Crippen molar-refractivity contribution in [1.82, 2.24) is 10.1 Å². The minimum Gasteiger partial charge on any atom is -0.356 e. The summed E-state index contributed by atoms with van der Waals surface area (Å²) in [6, 6.07) is 8.64. The number of aromatic nitrogens is 1. The summed E-state index contributed by atoms with van der Waals surface area (Å²) in [6.45, 7) is 6.58. The predicted molar refractivity (Wildman–Crippen MR) is 85.3 cm³/mol. The molecular weight excluding hydrogens is 276 g/mol. The summed E-state index contributed by atoms with van der Waals surface area (Å²) < 4.78 is 5.51. The molecule has 1 saturated carbocycles. The van der Waals surface area contributed by atoms with Crippen LogP contribution in [0.5, 0.6) is 0 Å². The van der Waals surface area contributed by atoms with Crippen LogP contribution in [-0.4, -0.2) is 22.0 Å². The number of carbonyl (C=O) groups excluding carboxylic acids is 1. The first kappa shape index (κ1) is 14.8. The van der Waals surface area contributed by atoms with Gasteiger partial charge in [-0.05, 0) is 38.3 Å². The molecule has 0 radical (unpaired) electrons. The monoisotopic (exact) mass is 298 g/mol. The maximum absolute atomic E-state index is 12.0. The molecule has 4 nitrogen and oxygen atoms in total. The van der Waals surface area contributed by atoms with Gasteiger partial charge in [-0.3, -0.25) is 4.79 Å². The molecule has 0 N–H and O–H groups in total. The van der Waals surface area contributed by atoms with E-state index in [4.69, 9.17) is 4.52 Å². The van der Waals surface area contributed by atoms with E-state index < -0.39 is 0 Å².